The fourth-order valence-corrected chi connectivity index (χ4v) is 3.42. The van der Waals surface area contributed by atoms with Crippen LogP contribution >= 0.6 is 35.1 Å². The fraction of sp³-hybridized carbons (Fsp3) is 0.333. The van der Waals surface area contributed by atoms with E-state index in [-0.39, 0.29) is 0 Å². The van der Waals surface area contributed by atoms with Gasteiger partial charge in [-0.3, -0.25) is 0 Å². The summed E-state index contributed by atoms with van der Waals surface area (Å²) in [5.41, 5.74) is 1.27. The van der Waals surface area contributed by atoms with E-state index in [4.69, 9.17) is 11.6 Å². The Balaban J connectivity index is 2.10. The molecule has 70 valence electrons. The normalized spacial score (nSPS) is 17.5. The van der Waals surface area contributed by atoms with Crippen LogP contribution in [0.2, 0.25) is 5.02 Å². The van der Waals surface area contributed by atoms with Crippen molar-refractivity contribution < 1.29 is 0 Å². The first-order chi connectivity index (χ1) is 6.36. The highest BCUT2D eigenvalue weighted by Gasteiger charge is 2.10. The maximum absolute atomic E-state index is 5.82. The van der Waals surface area contributed by atoms with Crippen molar-refractivity contribution in [3.63, 3.8) is 0 Å². The van der Waals surface area contributed by atoms with Crippen LogP contribution in [0.5, 0.6) is 0 Å². The van der Waals surface area contributed by atoms with Gasteiger partial charge in [0, 0.05) is 15.8 Å². The molecule has 1 aromatic rings. The Labute approximate surface area is 91.8 Å². The van der Waals surface area contributed by atoms with Gasteiger partial charge in [-0.15, -0.1) is 23.5 Å². The second-order valence-electron chi connectivity index (χ2n) is 2.80. The molecule has 2 rings (SSSR count). The van der Waals surface area contributed by atoms with Crippen molar-refractivity contribution in [3.05, 3.63) is 29.3 Å². The zero-order valence-corrected chi connectivity index (χ0v) is 9.46. The number of anilines is 1. The van der Waals surface area contributed by atoms with Gasteiger partial charge in [-0.2, -0.15) is 0 Å². The number of hydrogen-bond donors (Lipinski definition) is 0. The summed E-state index contributed by atoms with van der Waals surface area (Å²) in [6.45, 7) is 0. The Morgan fingerprint density at radius 3 is 2.31 bits per heavy atom. The first kappa shape index (κ1) is 9.56. The van der Waals surface area contributed by atoms with E-state index < -0.39 is 0 Å². The molecule has 1 nitrogen and oxygen atoms in total. The molecule has 0 unspecified atom stereocenters. The molecule has 4 heteroatoms. The lowest BCUT2D eigenvalue weighted by Gasteiger charge is -2.27. The van der Waals surface area contributed by atoms with Gasteiger partial charge in [0.2, 0.25) is 0 Å². The molecule has 1 aliphatic rings. The Hall–Kier alpha value is 0.01000. The minimum atomic E-state index is 0.807. The smallest absolute Gasteiger partial charge is 0.0656 e. The molecule has 0 N–H and O–H groups in total. The van der Waals surface area contributed by atoms with Gasteiger partial charge in [0.25, 0.3) is 0 Å². The minimum Gasteiger partial charge on any atom is -0.353 e. The van der Waals surface area contributed by atoms with Crippen molar-refractivity contribution in [2.24, 2.45) is 0 Å². The van der Waals surface area contributed by atoms with E-state index in [9.17, 15) is 0 Å². The van der Waals surface area contributed by atoms with Gasteiger partial charge < -0.3 is 4.90 Å². The van der Waals surface area contributed by atoms with Crippen molar-refractivity contribution >= 4 is 40.8 Å². The molecule has 1 heterocycles. The summed E-state index contributed by atoms with van der Waals surface area (Å²) in [5, 5.41) is 2.02. The first-order valence-electron chi connectivity index (χ1n) is 4.02. The summed E-state index contributed by atoms with van der Waals surface area (Å²) >= 11 is 9.74. The van der Waals surface area contributed by atoms with Crippen LogP contribution in [0.15, 0.2) is 24.3 Å². The maximum Gasteiger partial charge on any atom is 0.0656 e. The molecule has 0 bridgehead atoms. The van der Waals surface area contributed by atoms with Crippen molar-refractivity contribution in [3.8, 4) is 0 Å². The SMILES string of the molecule is Clc1ccc(N2CSCSC2)cc1. The Bertz CT molecular complexity index is 269. The predicted octanol–water partition coefficient (Wildman–Crippen LogP) is 3.50. The Morgan fingerprint density at radius 2 is 1.69 bits per heavy atom. The number of hydrogen-bond acceptors (Lipinski definition) is 3. The largest absolute Gasteiger partial charge is 0.353 e. The lowest BCUT2D eigenvalue weighted by molar-refractivity contribution is 1.06. The summed E-state index contributed by atoms with van der Waals surface area (Å²) < 4.78 is 0. The van der Waals surface area contributed by atoms with E-state index in [1.165, 1.54) is 10.8 Å². The number of nitrogens with zero attached hydrogens (tertiary/aromatic N) is 1. The van der Waals surface area contributed by atoms with Crippen LogP contribution in [0.1, 0.15) is 0 Å². The number of halogens is 1. The summed E-state index contributed by atoms with van der Waals surface area (Å²) in [6.07, 6.45) is 0. The van der Waals surface area contributed by atoms with Crippen molar-refractivity contribution in [2.75, 3.05) is 21.7 Å². The molecule has 0 saturated carbocycles. The third-order valence-electron chi connectivity index (χ3n) is 1.85. The lowest BCUT2D eigenvalue weighted by Crippen LogP contribution is -2.25. The third-order valence-corrected chi connectivity index (χ3v) is 4.43. The Kier molecular flexibility index (Phi) is 3.30. The van der Waals surface area contributed by atoms with E-state index in [0.717, 1.165) is 16.8 Å². The van der Waals surface area contributed by atoms with Crippen molar-refractivity contribution in [1.29, 1.82) is 0 Å². The molecule has 0 amide bonds. The van der Waals surface area contributed by atoms with E-state index in [1.807, 2.05) is 35.7 Å². The number of thioether (sulfide) groups is 2. The van der Waals surface area contributed by atoms with E-state index in [1.54, 1.807) is 0 Å². The molecule has 0 aliphatic carbocycles. The van der Waals surface area contributed by atoms with E-state index >= 15 is 0 Å². The Morgan fingerprint density at radius 1 is 1.08 bits per heavy atom. The van der Waals surface area contributed by atoms with Gasteiger partial charge in [0.1, 0.15) is 0 Å². The molecular weight excluding hydrogens is 222 g/mol. The molecule has 1 aromatic carbocycles. The third kappa shape index (κ3) is 2.48. The predicted molar refractivity (Wildman–Crippen MR) is 63.7 cm³/mol. The van der Waals surface area contributed by atoms with Crippen LogP contribution in [0, 0.1) is 0 Å². The molecule has 0 atom stereocenters. The van der Waals surface area contributed by atoms with Crippen molar-refractivity contribution in [2.45, 2.75) is 0 Å². The maximum atomic E-state index is 5.82. The van der Waals surface area contributed by atoms with Crippen molar-refractivity contribution in [1.82, 2.24) is 0 Å². The molecule has 0 radical (unpaired) electrons. The average Bonchev–Trinajstić information content (AvgIpc) is 2.20. The fourth-order valence-electron chi connectivity index (χ4n) is 1.19. The first-order valence-corrected chi connectivity index (χ1v) is 6.71. The van der Waals surface area contributed by atoms with Gasteiger partial charge in [0.15, 0.2) is 0 Å². The summed E-state index contributed by atoms with van der Waals surface area (Å²) in [5.74, 6) is 2.18. The van der Waals surface area contributed by atoms with Crippen LogP contribution in [-0.2, 0) is 0 Å². The van der Waals surface area contributed by atoms with Gasteiger partial charge in [-0.1, -0.05) is 11.6 Å². The zero-order chi connectivity index (χ0) is 9.10. The zero-order valence-electron chi connectivity index (χ0n) is 7.07. The monoisotopic (exact) mass is 231 g/mol. The highest BCUT2D eigenvalue weighted by molar-refractivity contribution is 8.16. The molecule has 1 aliphatic heterocycles. The molecule has 0 spiro atoms. The second-order valence-corrected chi connectivity index (χ2v) is 5.51. The van der Waals surface area contributed by atoms with Crippen LogP contribution in [0.25, 0.3) is 0 Å². The second kappa shape index (κ2) is 4.49. The minimum absolute atomic E-state index is 0.807. The van der Waals surface area contributed by atoms with Gasteiger partial charge >= 0.3 is 0 Å². The number of rotatable bonds is 1. The molecule has 0 aromatic heterocycles. The van der Waals surface area contributed by atoms with Crippen LogP contribution in [-0.4, -0.2) is 16.8 Å². The topological polar surface area (TPSA) is 3.24 Å². The molecule has 1 saturated heterocycles. The highest BCUT2D eigenvalue weighted by Crippen LogP contribution is 2.27. The average molecular weight is 232 g/mol. The number of benzene rings is 1. The highest BCUT2D eigenvalue weighted by atomic mass is 35.5. The molecular formula is C9H10ClNS2. The van der Waals surface area contributed by atoms with Crippen LogP contribution in [0.4, 0.5) is 5.69 Å². The lowest BCUT2D eigenvalue weighted by atomic mass is 10.3. The summed E-state index contributed by atoms with van der Waals surface area (Å²) in [4.78, 5) is 2.36. The van der Waals surface area contributed by atoms with Gasteiger partial charge in [0.05, 0.1) is 11.8 Å². The van der Waals surface area contributed by atoms with Crippen LogP contribution < -0.4 is 4.90 Å². The van der Waals surface area contributed by atoms with Gasteiger partial charge in [-0.25, -0.2) is 0 Å². The molecule has 13 heavy (non-hydrogen) atoms. The summed E-state index contributed by atoms with van der Waals surface area (Å²) in [7, 11) is 0. The van der Waals surface area contributed by atoms with Crippen LogP contribution in [0.3, 0.4) is 0 Å². The quantitative estimate of drug-likeness (QED) is 0.729. The van der Waals surface area contributed by atoms with Gasteiger partial charge in [-0.05, 0) is 24.3 Å². The van der Waals surface area contributed by atoms with E-state index in [0.29, 0.717) is 0 Å². The summed E-state index contributed by atoms with van der Waals surface area (Å²) in [6, 6.07) is 8.05. The van der Waals surface area contributed by atoms with E-state index in [2.05, 4.69) is 17.0 Å². The molecule has 1 fully saturated rings. The standard InChI is InChI=1S/C9H10ClNS2/c10-8-1-3-9(4-2-8)11-5-12-7-13-6-11/h1-4H,5-7H2.